The molecule has 0 radical (unpaired) electrons. The van der Waals surface area contributed by atoms with E-state index in [9.17, 15) is 8.78 Å². The van der Waals surface area contributed by atoms with Crippen molar-refractivity contribution < 1.29 is 18.0 Å². The maximum Gasteiger partial charge on any atom is 0.394 e. The van der Waals surface area contributed by atoms with E-state index >= 15 is 0 Å². The summed E-state index contributed by atoms with van der Waals surface area (Å²) in [5, 5.41) is 3.62. The van der Waals surface area contributed by atoms with Crippen LogP contribution in [0.2, 0.25) is 0 Å². The first-order valence-electron chi connectivity index (χ1n) is 4.48. The monoisotopic (exact) mass is 226 g/mol. The highest BCUT2D eigenvalue weighted by atomic mass is 19.3. The summed E-state index contributed by atoms with van der Waals surface area (Å²) in [7, 11) is 0. The summed E-state index contributed by atoms with van der Waals surface area (Å²) in [5.74, 6) is 0.481. The van der Waals surface area contributed by atoms with Crippen molar-refractivity contribution in [2.45, 2.75) is 13.0 Å². The number of halogens is 2. The number of aromatic nitrogens is 2. The molecule has 0 spiro atoms. The van der Waals surface area contributed by atoms with Crippen LogP contribution in [0.15, 0.2) is 35.2 Å². The maximum absolute atomic E-state index is 12.5. The van der Waals surface area contributed by atoms with Gasteiger partial charge in [-0.1, -0.05) is 5.16 Å². The van der Waals surface area contributed by atoms with Crippen LogP contribution in [0.25, 0.3) is 11.4 Å². The summed E-state index contributed by atoms with van der Waals surface area (Å²) < 4.78 is 34.0. The fourth-order valence-corrected chi connectivity index (χ4v) is 1.18. The van der Waals surface area contributed by atoms with Crippen LogP contribution in [0.5, 0.6) is 5.75 Å². The van der Waals surface area contributed by atoms with Crippen LogP contribution < -0.4 is 4.74 Å². The molecule has 2 rings (SSSR count). The van der Waals surface area contributed by atoms with Gasteiger partial charge in [0.25, 0.3) is 0 Å². The molecule has 0 fully saturated rings. The number of hydrogen-bond acceptors (Lipinski definition) is 4. The molecule has 0 amide bonds. The Morgan fingerprint density at radius 2 is 1.94 bits per heavy atom. The molecule has 84 valence electrons. The Bertz CT molecular complexity index is 449. The second-order valence-electron chi connectivity index (χ2n) is 3.19. The fraction of sp³-hybridized carbons (Fsp3) is 0.200. The van der Waals surface area contributed by atoms with Gasteiger partial charge in [-0.05, 0) is 24.3 Å². The summed E-state index contributed by atoms with van der Waals surface area (Å²) >= 11 is 0. The second kappa shape index (κ2) is 3.88. The van der Waals surface area contributed by atoms with E-state index in [1.807, 2.05) is 0 Å². The van der Waals surface area contributed by atoms with Gasteiger partial charge in [-0.3, -0.25) is 0 Å². The van der Waals surface area contributed by atoms with E-state index in [1.165, 1.54) is 18.5 Å². The molecule has 0 unspecified atom stereocenters. The van der Waals surface area contributed by atoms with Crippen LogP contribution in [0.4, 0.5) is 8.78 Å². The summed E-state index contributed by atoms with van der Waals surface area (Å²) in [4.78, 5) is 3.82. The molecular weight excluding hydrogens is 218 g/mol. The van der Waals surface area contributed by atoms with E-state index in [0.717, 1.165) is 0 Å². The first kappa shape index (κ1) is 10.5. The Morgan fingerprint density at radius 1 is 1.25 bits per heavy atom. The molecule has 16 heavy (non-hydrogen) atoms. The molecule has 0 bridgehead atoms. The van der Waals surface area contributed by atoms with Gasteiger partial charge in [0.15, 0.2) is 0 Å². The average molecular weight is 226 g/mol. The highest BCUT2D eigenvalue weighted by molar-refractivity contribution is 5.55. The molecule has 0 atom stereocenters. The lowest BCUT2D eigenvalue weighted by Crippen LogP contribution is -2.18. The number of alkyl halides is 2. The lowest BCUT2D eigenvalue weighted by Gasteiger charge is -2.12. The van der Waals surface area contributed by atoms with Crippen molar-refractivity contribution in [3.05, 3.63) is 30.7 Å². The maximum atomic E-state index is 12.5. The quantitative estimate of drug-likeness (QED) is 0.807. The number of hydrogen-bond donors (Lipinski definition) is 0. The highest BCUT2D eigenvalue weighted by Gasteiger charge is 2.22. The van der Waals surface area contributed by atoms with Crippen molar-refractivity contribution in [1.29, 1.82) is 0 Å². The summed E-state index contributed by atoms with van der Waals surface area (Å²) in [6.45, 7) is 0.681. The van der Waals surface area contributed by atoms with Crippen LogP contribution in [0.1, 0.15) is 6.92 Å². The molecule has 0 saturated carbocycles. The van der Waals surface area contributed by atoms with Gasteiger partial charge in [0.2, 0.25) is 12.2 Å². The molecule has 6 heteroatoms. The van der Waals surface area contributed by atoms with Crippen LogP contribution >= 0.6 is 0 Å². The predicted molar refractivity (Wildman–Crippen MR) is 51.0 cm³/mol. The van der Waals surface area contributed by atoms with E-state index in [-0.39, 0.29) is 5.75 Å². The van der Waals surface area contributed by atoms with E-state index < -0.39 is 6.11 Å². The van der Waals surface area contributed by atoms with E-state index in [2.05, 4.69) is 19.4 Å². The summed E-state index contributed by atoms with van der Waals surface area (Å²) in [6.07, 6.45) is -1.99. The van der Waals surface area contributed by atoms with Gasteiger partial charge in [0, 0.05) is 12.5 Å². The van der Waals surface area contributed by atoms with Crippen LogP contribution in [-0.4, -0.2) is 16.2 Å². The van der Waals surface area contributed by atoms with Crippen LogP contribution in [0.3, 0.4) is 0 Å². The first-order valence-corrected chi connectivity index (χ1v) is 4.48. The molecule has 0 aliphatic carbocycles. The predicted octanol–water partition coefficient (Wildman–Crippen LogP) is 2.73. The Labute approximate surface area is 89.8 Å². The standard InChI is InChI=1S/C10H8F2N2O2/c1-10(11,12)16-8-4-2-7(3-5-8)9-13-6-15-14-9/h2-6H,1H3. The number of ether oxygens (including phenoxy) is 1. The lowest BCUT2D eigenvalue weighted by atomic mass is 10.2. The first-order chi connectivity index (χ1) is 7.54. The number of benzene rings is 1. The Morgan fingerprint density at radius 3 is 2.44 bits per heavy atom. The van der Waals surface area contributed by atoms with Crippen molar-refractivity contribution in [1.82, 2.24) is 10.1 Å². The minimum absolute atomic E-state index is 0.0831. The van der Waals surface area contributed by atoms with Crippen molar-refractivity contribution >= 4 is 0 Å². The number of nitrogens with zero attached hydrogens (tertiary/aromatic N) is 2. The lowest BCUT2D eigenvalue weighted by molar-refractivity contribution is -0.158. The normalized spacial score (nSPS) is 11.4. The van der Waals surface area contributed by atoms with Crippen molar-refractivity contribution in [3.8, 4) is 17.1 Å². The Kier molecular flexibility index (Phi) is 2.55. The topological polar surface area (TPSA) is 48.2 Å². The molecule has 4 nitrogen and oxygen atoms in total. The smallest absolute Gasteiger partial charge is 0.394 e. The van der Waals surface area contributed by atoms with Crippen LogP contribution in [0, 0.1) is 0 Å². The summed E-state index contributed by atoms with van der Waals surface area (Å²) in [6, 6.07) is 5.99. The van der Waals surface area contributed by atoms with Gasteiger partial charge in [0.05, 0.1) is 0 Å². The van der Waals surface area contributed by atoms with E-state index in [1.54, 1.807) is 12.1 Å². The average Bonchev–Trinajstić information content (AvgIpc) is 2.69. The molecule has 2 aromatic rings. The second-order valence-corrected chi connectivity index (χ2v) is 3.19. The third kappa shape index (κ3) is 2.53. The molecule has 0 N–H and O–H groups in total. The minimum atomic E-state index is -3.19. The molecule has 1 heterocycles. The molecule has 1 aromatic carbocycles. The zero-order valence-corrected chi connectivity index (χ0v) is 8.35. The molecule has 0 saturated heterocycles. The van der Waals surface area contributed by atoms with Crippen molar-refractivity contribution in [2.75, 3.05) is 0 Å². The Balaban J connectivity index is 2.17. The van der Waals surface area contributed by atoms with Gasteiger partial charge in [-0.2, -0.15) is 13.8 Å². The van der Waals surface area contributed by atoms with Gasteiger partial charge in [-0.25, -0.2) is 0 Å². The molecule has 0 aliphatic heterocycles. The third-order valence-corrected chi connectivity index (χ3v) is 1.77. The van der Waals surface area contributed by atoms with Crippen molar-refractivity contribution in [2.24, 2.45) is 0 Å². The van der Waals surface area contributed by atoms with Gasteiger partial charge in [-0.15, -0.1) is 0 Å². The highest BCUT2D eigenvalue weighted by Crippen LogP contribution is 2.23. The van der Waals surface area contributed by atoms with E-state index in [4.69, 9.17) is 0 Å². The van der Waals surface area contributed by atoms with Gasteiger partial charge < -0.3 is 9.26 Å². The summed E-state index contributed by atoms with van der Waals surface area (Å²) in [5.41, 5.74) is 0.667. The SMILES string of the molecule is CC(F)(F)Oc1ccc(-c2ncon2)cc1. The molecule has 0 aliphatic rings. The van der Waals surface area contributed by atoms with Gasteiger partial charge >= 0.3 is 6.11 Å². The Hall–Kier alpha value is -1.98. The zero-order chi connectivity index (χ0) is 11.6. The van der Waals surface area contributed by atoms with Gasteiger partial charge in [0.1, 0.15) is 5.75 Å². The van der Waals surface area contributed by atoms with Crippen molar-refractivity contribution in [3.63, 3.8) is 0 Å². The largest absolute Gasteiger partial charge is 0.433 e. The molecule has 1 aromatic heterocycles. The molecular formula is C10H8F2N2O2. The fourth-order valence-electron chi connectivity index (χ4n) is 1.18. The number of rotatable bonds is 3. The minimum Gasteiger partial charge on any atom is -0.433 e. The third-order valence-electron chi connectivity index (χ3n) is 1.77. The zero-order valence-electron chi connectivity index (χ0n) is 8.35. The van der Waals surface area contributed by atoms with Crippen LogP contribution in [-0.2, 0) is 0 Å². The van der Waals surface area contributed by atoms with E-state index in [0.29, 0.717) is 18.3 Å².